The molecule has 28 heavy (non-hydrogen) atoms. The highest BCUT2D eigenvalue weighted by molar-refractivity contribution is 6.30. The molecule has 144 valence electrons. The molecule has 10 heteroatoms. The minimum atomic E-state index is -1.02. The van der Waals surface area contributed by atoms with Gasteiger partial charge in [0.2, 0.25) is 5.82 Å². The van der Waals surface area contributed by atoms with Crippen LogP contribution in [0.25, 0.3) is 11.4 Å². The van der Waals surface area contributed by atoms with Gasteiger partial charge in [-0.25, -0.2) is 9.78 Å². The van der Waals surface area contributed by atoms with Gasteiger partial charge in [0.1, 0.15) is 5.82 Å². The maximum Gasteiger partial charge on any atom is 0.330 e. The Morgan fingerprint density at radius 1 is 1.21 bits per heavy atom. The van der Waals surface area contributed by atoms with Gasteiger partial charge in [-0.15, -0.1) is 10.2 Å². The van der Waals surface area contributed by atoms with E-state index in [1.54, 1.807) is 12.1 Å². The Hall–Kier alpha value is -3.33. The number of aromatic nitrogens is 5. The fourth-order valence-electron chi connectivity index (χ4n) is 2.21. The molecule has 0 aliphatic heterocycles. The molecule has 0 fully saturated rings. The average Bonchev–Trinajstić information content (AvgIpc) is 3.12. The van der Waals surface area contributed by atoms with E-state index in [1.165, 1.54) is 13.1 Å². The van der Waals surface area contributed by atoms with Crippen LogP contribution in [0.15, 0.2) is 42.6 Å². The number of halogens is 1. The van der Waals surface area contributed by atoms with E-state index in [4.69, 9.17) is 16.3 Å². The first kappa shape index (κ1) is 19.4. The molecule has 1 atom stereocenters. The van der Waals surface area contributed by atoms with Crippen LogP contribution in [0.1, 0.15) is 12.5 Å². The summed E-state index contributed by atoms with van der Waals surface area (Å²) < 4.78 is 5.11. The second kappa shape index (κ2) is 8.57. The van der Waals surface area contributed by atoms with Gasteiger partial charge in [0.25, 0.3) is 5.91 Å². The summed E-state index contributed by atoms with van der Waals surface area (Å²) in [5, 5.41) is 14.9. The summed E-state index contributed by atoms with van der Waals surface area (Å²) in [5.41, 5.74) is 1.90. The standard InChI is InChI=1S/C18H17ClN6O3/c1-11-3-5-13(6-4-11)17-22-24-25(23-17)10-16(26)28-12(2)18(27)21-15-8-7-14(19)9-20-15/h3-9,12H,10H2,1-2H3,(H,20,21,27)/t12-/m0/s1. The molecular formula is C18H17ClN6O3. The van der Waals surface area contributed by atoms with E-state index < -0.39 is 18.0 Å². The lowest BCUT2D eigenvalue weighted by molar-refractivity contribution is -0.154. The third-order valence-electron chi connectivity index (χ3n) is 3.69. The molecule has 0 spiro atoms. The summed E-state index contributed by atoms with van der Waals surface area (Å²) in [6.45, 7) is 3.16. The van der Waals surface area contributed by atoms with E-state index in [9.17, 15) is 9.59 Å². The molecule has 0 aliphatic rings. The van der Waals surface area contributed by atoms with Gasteiger partial charge in [0.15, 0.2) is 12.6 Å². The Morgan fingerprint density at radius 3 is 2.64 bits per heavy atom. The number of rotatable bonds is 6. The Balaban J connectivity index is 1.54. The fraction of sp³-hybridized carbons (Fsp3) is 0.222. The molecule has 0 aliphatic carbocycles. The summed E-state index contributed by atoms with van der Waals surface area (Å²) in [5.74, 6) is -0.486. The molecule has 0 radical (unpaired) electrons. The van der Waals surface area contributed by atoms with Crippen LogP contribution in [0, 0.1) is 6.92 Å². The maximum atomic E-state index is 12.1. The van der Waals surface area contributed by atoms with E-state index in [1.807, 2.05) is 31.2 Å². The molecule has 0 bridgehead atoms. The van der Waals surface area contributed by atoms with Crippen LogP contribution in [0.2, 0.25) is 5.02 Å². The topological polar surface area (TPSA) is 112 Å². The second-order valence-electron chi connectivity index (χ2n) is 5.99. The number of benzene rings is 1. The monoisotopic (exact) mass is 400 g/mol. The van der Waals surface area contributed by atoms with Gasteiger partial charge in [-0.05, 0) is 31.2 Å². The summed E-state index contributed by atoms with van der Waals surface area (Å²) in [6.07, 6.45) is 0.376. The summed E-state index contributed by atoms with van der Waals surface area (Å²) in [4.78, 5) is 29.2. The molecule has 0 saturated heterocycles. The fourth-order valence-corrected chi connectivity index (χ4v) is 2.32. The number of hydrogen-bond donors (Lipinski definition) is 1. The molecule has 0 saturated carbocycles. The van der Waals surface area contributed by atoms with Crippen molar-refractivity contribution < 1.29 is 14.3 Å². The predicted molar refractivity (Wildman–Crippen MR) is 101 cm³/mol. The van der Waals surface area contributed by atoms with Crippen LogP contribution >= 0.6 is 11.6 Å². The lowest BCUT2D eigenvalue weighted by atomic mass is 10.1. The third kappa shape index (κ3) is 5.10. The zero-order valence-corrected chi connectivity index (χ0v) is 15.9. The number of nitrogens with one attached hydrogen (secondary N) is 1. The van der Waals surface area contributed by atoms with Gasteiger partial charge < -0.3 is 10.1 Å². The number of nitrogens with zero attached hydrogens (tertiary/aromatic N) is 5. The normalized spacial score (nSPS) is 11.7. The third-order valence-corrected chi connectivity index (χ3v) is 3.91. The minimum absolute atomic E-state index is 0.268. The van der Waals surface area contributed by atoms with Crippen molar-refractivity contribution in [2.75, 3.05) is 5.32 Å². The van der Waals surface area contributed by atoms with Gasteiger partial charge in [-0.2, -0.15) is 4.80 Å². The number of hydrogen-bond acceptors (Lipinski definition) is 7. The van der Waals surface area contributed by atoms with E-state index >= 15 is 0 Å². The number of carbonyl (C=O) groups excluding carboxylic acids is 2. The number of aryl methyl sites for hydroxylation is 1. The van der Waals surface area contributed by atoms with Crippen LogP contribution in [-0.4, -0.2) is 43.2 Å². The van der Waals surface area contributed by atoms with E-state index in [0.29, 0.717) is 16.7 Å². The SMILES string of the molecule is Cc1ccc(-c2nnn(CC(=O)O[C@@H](C)C(=O)Nc3ccc(Cl)cn3)n2)cc1. The number of carbonyl (C=O) groups is 2. The average molecular weight is 401 g/mol. The molecule has 2 aromatic heterocycles. The van der Waals surface area contributed by atoms with Crippen LogP contribution < -0.4 is 5.32 Å². The first-order valence-electron chi connectivity index (χ1n) is 8.37. The molecule has 1 amide bonds. The molecular weight excluding hydrogens is 384 g/mol. The van der Waals surface area contributed by atoms with Crippen LogP contribution in [-0.2, 0) is 20.9 Å². The van der Waals surface area contributed by atoms with Crippen molar-refractivity contribution in [3.63, 3.8) is 0 Å². The van der Waals surface area contributed by atoms with E-state index in [-0.39, 0.29) is 6.54 Å². The largest absolute Gasteiger partial charge is 0.451 e. The summed E-state index contributed by atoms with van der Waals surface area (Å²) >= 11 is 5.74. The number of tetrazole rings is 1. The maximum absolute atomic E-state index is 12.1. The van der Waals surface area contributed by atoms with E-state index in [2.05, 4.69) is 25.7 Å². The predicted octanol–water partition coefficient (Wildman–Crippen LogP) is 2.27. The number of anilines is 1. The Kier molecular flexibility index (Phi) is 5.95. The van der Waals surface area contributed by atoms with Crippen LogP contribution in [0.4, 0.5) is 5.82 Å². The molecule has 1 aromatic carbocycles. The second-order valence-corrected chi connectivity index (χ2v) is 6.43. The zero-order chi connectivity index (χ0) is 20.1. The first-order valence-corrected chi connectivity index (χ1v) is 8.75. The first-order chi connectivity index (χ1) is 13.4. The zero-order valence-electron chi connectivity index (χ0n) is 15.2. The highest BCUT2D eigenvalue weighted by Crippen LogP contribution is 2.14. The number of amides is 1. The molecule has 3 rings (SSSR count). The van der Waals surface area contributed by atoms with Crippen molar-refractivity contribution in [3.8, 4) is 11.4 Å². The lowest BCUT2D eigenvalue weighted by Crippen LogP contribution is -2.31. The van der Waals surface area contributed by atoms with Gasteiger partial charge in [-0.3, -0.25) is 4.79 Å². The lowest BCUT2D eigenvalue weighted by Gasteiger charge is -2.12. The molecule has 0 unspecified atom stereocenters. The van der Waals surface area contributed by atoms with Gasteiger partial charge >= 0.3 is 5.97 Å². The summed E-state index contributed by atoms with van der Waals surface area (Å²) in [6, 6.07) is 10.7. The van der Waals surface area contributed by atoms with Gasteiger partial charge in [0.05, 0.1) is 5.02 Å². The summed E-state index contributed by atoms with van der Waals surface area (Å²) in [7, 11) is 0. The van der Waals surface area contributed by atoms with Crippen molar-refractivity contribution in [3.05, 3.63) is 53.2 Å². The molecule has 9 nitrogen and oxygen atoms in total. The molecule has 3 aromatic rings. The minimum Gasteiger partial charge on any atom is -0.451 e. The van der Waals surface area contributed by atoms with Crippen molar-refractivity contribution in [2.45, 2.75) is 26.5 Å². The quantitative estimate of drug-likeness (QED) is 0.631. The highest BCUT2D eigenvalue weighted by atomic mass is 35.5. The number of esters is 1. The van der Waals surface area contributed by atoms with E-state index in [0.717, 1.165) is 15.9 Å². The number of pyridine rings is 1. The Bertz CT molecular complexity index is 972. The number of ether oxygens (including phenoxy) is 1. The van der Waals surface area contributed by atoms with Gasteiger partial charge in [0, 0.05) is 11.8 Å². The highest BCUT2D eigenvalue weighted by Gasteiger charge is 2.19. The van der Waals surface area contributed by atoms with Crippen molar-refractivity contribution in [1.82, 2.24) is 25.2 Å². The smallest absolute Gasteiger partial charge is 0.330 e. The van der Waals surface area contributed by atoms with Crippen LogP contribution in [0.5, 0.6) is 0 Å². The Morgan fingerprint density at radius 2 is 1.96 bits per heavy atom. The van der Waals surface area contributed by atoms with Crippen molar-refractivity contribution in [2.24, 2.45) is 0 Å². The van der Waals surface area contributed by atoms with Crippen molar-refractivity contribution >= 4 is 29.3 Å². The Labute approximate surface area is 165 Å². The molecule has 1 N–H and O–H groups in total. The molecule has 2 heterocycles. The van der Waals surface area contributed by atoms with Gasteiger partial charge in [-0.1, -0.05) is 41.4 Å². The van der Waals surface area contributed by atoms with Crippen LogP contribution in [0.3, 0.4) is 0 Å². The van der Waals surface area contributed by atoms with Crippen molar-refractivity contribution in [1.29, 1.82) is 0 Å².